The number of allylic oxidation sites excluding steroid dienone is 4. The normalized spacial score (nSPS) is 13.6. The molecule has 3 aromatic heterocycles. The lowest BCUT2D eigenvalue weighted by molar-refractivity contribution is 1.18. The van der Waals surface area contributed by atoms with Crippen LogP contribution in [0.5, 0.6) is 0 Å². The average molecular weight is 471 g/mol. The first-order chi connectivity index (χ1) is 17.6. The molecule has 1 aromatic carbocycles. The molecule has 0 amide bonds. The molecular formula is C32H30N4. The van der Waals surface area contributed by atoms with Crippen LogP contribution in [0, 0.1) is 0 Å². The molecule has 2 aliphatic rings. The molecule has 0 spiro atoms. The maximum atomic E-state index is 5.08. The fourth-order valence-electron chi connectivity index (χ4n) is 5.44. The lowest BCUT2D eigenvalue weighted by atomic mass is 10.0. The standard InChI is InChI=1S/C32H30N4/c1-5-24-19(3)28-16-22-12-14-26(33-22)32(21-10-8-7-9-11-21)27-15-13-23(34-27)17-29-20(4)25(6-2)31(36-29)18-30(24)35-28/h7-18,33-34H,5-6H2,1-4H3. The molecule has 0 fully saturated rings. The third-order valence-electron chi connectivity index (χ3n) is 7.36. The predicted molar refractivity (Wildman–Crippen MR) is 152 cm³/mol. The van der Waals surface area contributed by atoms with Crippen molar-refractivity contribution in [1.82, 2.24) is 19.9 Å². The summed E-state index contributed by atoms with van der Waals surface area (Å²) in [5.74, 6) is 0. The van der Waals surface area contributed by atoms with Gasteiger partial charge in [0.1, 0.15) is 0 Å². The highest BCUT2D eigenvalue weighted by Gasteiger charge is 2.19. The fraction of sp³-hybridized carbons (Fsp3) is 0.188. The van der Waals surface area contributed by atoms with Crippen molar-refractivity contribution >= 4 is 44.4 Å². The summed E-state index contributed by atoms with van der Waals surface area (Å²) in [6, 6.07) is 25.6. The Morgan fingerprint density at radius 2 is 1.08 bits per heavy atom. The van der Waals surface area contributed by atoms with E-state index in [1.165, 1.54) is 22.3 Å². The molecule has 5 heterocycles. The van der Waals surface area contributed by atoms with E-state index < -0.39 is 0 Å². The van der Waals surface area contributed by atoms with E-state index in [1.807, 2.05) is 0 Å². The van der Waals surface area contributed by atoms with Crippen molar-refractivity contribution in [2.75, 3.05) is 0 Å². The van der Waals surface area contributed by atoms with Gasteiger partial charge in [0, 0.05) is 27.6 Å². The maximum Gasteiger partial charge on any atom is 0.0693 e. The first kappa shape index (κ1) is 22.3. The second kappa shape index (κ2) is 8.80. The Labute approximate surface area is 211 Å². The molecule has 0 atom stereocenters. The molecule has 36 heavy (non-hydrogen) atoms. The summed E-state index contributed by atoms with van der Waals surface area (Å²) >= 11 is 0. The van der Waals surface area contributed by atoms with Gasteiger partial charge in [0.15, 0.2) is 0 Å². The van der Waals surface area contributed by atoms with Gasteiger partial charge in [-0.2, -0.15) is 0 Å². The highest BCUT2D eigenvalue weighted by Crippen LogP contribution is 2.36. The van der Waals surface area contributed by atoms with Gasteiger partial charge in [-0.15, -0.1) is 0 Å². The van der Waals surface area contributed by atoms with Gasteiger partial charge in [-0.1, -0.05) is 44.2 Å². The second-order valence-corrected chi connectivity index (χ2v) is 9.51. The van der Waals surface area contributed by atoms with Crippen molar-refractivity contribution in [2.45, 2.75) is 40.5 Å². The van der Waals surface area contributed by atoms with E-state index in [1.54, 1.807) is 0 Å². The van der Waals surface area contributed by atoms with Gasteiger partial charge >= 0.3 is 0 Å². The number of hydrogen-bond acceptors (Lipinski definition) is 2. The van der Waals surface area contributed by atoms with E-state index in [2.05, 4.69) is 110 Å². The second-order valence-electron chi connectivity index (χ2n) is 9.51. The molecule has 0 radical (unpaired) electrons. The number of benzene rings is 1. The summed E-state index contributed by atoms with van der Waals surface area (Å²) in [4.78, 5) is 17.5. The smallest absolute Gasteiger partial charge is 0.0693 e. The Kier molecular flexibility index (Phi) is 5.45. The molecule has 4 aromatic rings. The molecular weight excluding hydrogens is 440 g/mol. The van der Waals surface area contributed by atoms with Crippen LogP contribution in [-0.2, 0) is 0 Å². The number of nitrogens with one attached hydrogen (secondary N) is 2. The molecule has 0 saturated heterocycles. The number of fused-ring (bicyclic) bond motifs is 8. The quantitative estimate of drug-likeness (QED) is 0.315. The maximum absolute atomic E-state index is 5.08. The molecule has 0 unspecified atom stereocenters. The number of hydrogen-bond donors (Lipinski definition) is 2. The molecule has 2 aliphatic heterocycles. The molecule has 2 N–H and O–H groups in total. The lowest BCUT2D eigenvalue weighted by Crippen LogP contribution is -1.85. The number of aromatic nitrogens is 4. The third kappa shape index (κ3) is 3.70. The van der Waals surface area contributed by atoms with Crippen LogP contribution < -0.4 is 0 Å². The minimum absolute atomic E-state index is 0.936. The average Bonchev–Trinajstić information content (AvgIpc) is 3.65. The largest absolute Gasteiger partial charge is 0.355 e. The monoisotopic (exact) mass is 470 g/mol. The molecule has 6 rings (SSSR count). The van der Waals surface area contributed by atoms with Crippen LogP contribution in [0.3, 0.4) is 0 Å². The van der Waals surface area contributed by atoms with Crippen molar-refractivity contribution in [3.8, 4) is 11.1 Å². The zero-order valence-electron chi connectivity index (χ0n) is 21.2. The number of H-pyrrole nitrogens is 2. The fourth-order valence-corrected chi connectivity index (χ4v) is 5.44. The molecule has 178 valence electrons. The summed E-state index contributed by atoms with van der Waals surface area (Å²) in [6.45, 7) is 8.76. The molecule has 0 aliphatic carbocycles. The zero-order valence-corrected chi connectivity index (χ0v) is 21.2. The van der Waals surface area contributed by atoms with E-state index >= 15 is 0 Å². The van der Waals surface area contributed by atoms with Crippen LogP contribution in [0.25, 0.3) is 55.5 Å². The van der Waals surface area contributed by atoms with Crippen molar-refractivity contribution < 1.29 is 0 Å². The van der Waals surface area contributed by atoms with E-state index in [0.29, 0.717) is 0 Å². The highest BCUT2D eigenvalue weighted by molar-refractivity contribution is 5.96. The topological polar surface area (TPSA) is 57.4 Å². The summed E-state index contributed by atoms with van der Waals surface area (Å²) in [5, 5.41) is 0. The Hall–Kier alpha value is -4.18. The van der Waals surface area contributed by atoms with E-state index in [0.717, 1.165) is 68.8 Å². The number of rotatable bonds is 3. The van der Waals surface area contributed by atoms with Crippen LogP contribution in [0.4, 0.5) is 0 Å². The highest BCUT2D eigenvalue weighted by atomic mass is 14.8. The molecule has 0 saturated carbocycles. The van der Waals surface area contributed by atoms with E-state index in [-0.39, 0.29) is 0 Å². The van der Waals surface area contributed by atoms with E-state index in [9.17, 15) is 0 Å². The summed E-state index contributed by atoms with van der Waals surface area (Å²) in [7, 11) is 0. The van der Waals surface area contributed by atoms with Crippen molar-refractivity contribution in [1.29, 1.82) is 0 Å². The minimum atomic E-state index is 0.936. The van der Waals surface area contributed by atoms with Gasteiger partial charge in [0.05, 0.1) is 22.8 Å². The Balaban J connectivity index is 1.76. The SMILES string of the molecule is CCC1=C(C)c2cc3ccc([nH]3)c(-c3ccccc3)c3ccc(cc4nc(cc1n2)C(CC)=C4C)[nH]3. The van der Waals surface area contributed by atoms with Crippen molar-refractivity contribution in [2.24, 2.45) is 0 Å². The Morgan fingerprint density at radius 1 is 0.583 bits per heavy atom. The van der Waals surface area contributed by atoms with Crippen molar-refractivity contribution in [3.63, 3.8) is 0 Å². The Bertz CT molecular complexity index is 1610. The van der Waals surface area contributed by atoms with Crippen LogP contribution in [0.1, 0.15) is 63.3 Å². The Morgan fingerprint density at radius 3 is 1.56 bits per heavy atom. The zero-order chi connectivity index (χ0) is 24.8. The van der Waals surface area contributed by atoms with Gasteiger partial charge in [0.2, 0.25) is 0 Å². The molecule has 4 heteroatoms. The van der Waals surface area contributed by atoms with Gasteiger partial charge in [-0.05, 0) is 97.0 Å². The van der Waals surface area contributed by atoms with Crippen LogP contribution >= 0.6 is 0 Å². The van der Waals surface area contributed by atoms with E-state index in [4.69, 9.17) is 9.97 Å². The first-order valence-corrected chi connectivity index (χ1v) is 12.7. The van der Waals surface area contributed by atoms with Gasteiger partial charge < -0.3 is 9.97 Å². The molecule has 8 bridgehead atoms. The van der Waals surface area contributed by atoms with Crippen LogP contribution in [0.15, 0.2) is 72.8 Å². The third-order valence-corrected chi connectivity index (χ3v) is 7.36. The van der Waals surface area contributed by atoms with Crippen molar-refractivity contribution in [3.05, 3.63) is 95.6 Å². The van der Waals surface area contributed by atoms with Gasteiger partial charge in [-0.3, -0.25) is 0 Å². The summed E-state index contributed by atoms with van der Waals surface area (Å²) < 4.78 is 0. The van der Waals surface area contributed by atoms with Gasteiger partial charge in [0.25, 0.3) is 0 Å². The summed E-state index contributed by atoms with van der Waals surface area (Å²) in [5.41, 5.74) is 15.6. The van der Waals surface area contributed by atoms with Crippen LogP contribution in [-0.4, -0.2) is 19.9 Å². The minimum Gasteiger partial charge on any atom is -0.355 e. The lowest BCUT2D eigenvalue weighted by Gasteiger charge is -2.02. The summed E-state index contributed by atoms with van der Waals surface area (Å²) in [6.07, 6.45) is 1.87. The van der Waals surface area contributed by atoms with Gasteiger partial charge in [-0.25, -0.2) is 9.97 Å². The predicted octanol–water partition coefficient (Wildman–Crippen LogP) is 8.66. The number of nitrogens with zero attached hydrogens (tertiary/aromatic N) is 2. The van der Waals surface area contributed by atoms with Crippen LogP contribution in [0.2, 0.25) is 0 Å². The number of aromatic amines is 2. The first-order valence-electron chi connectivity index (χ1n) is 12.7. The molecule has 4 nitrogen and oxygen atoms in total.